The van der Waals surface area contributed by atoms with Gasteiger partial charge in [0.05, 0.1) is 0 Å². The maximum absolute atomic E-state index is 11.9. The molecule has 2 nitrogen and oxygen atoms in total. The highest BCUT2D eigenvalue weighted by Crippen LogP contribution is 2.28. The Balaban J connectivity index is 3.94. The number of alkyl halides is 7. The Labute approximate surface area is 67.2 Å². The van der Waals surface area contributed by atoms with Crippen LogP contribution in [0.1, 0.15) is 0 Å². The van der Waals surface area contributed by atoms with Crippen molar-refractivity contribution in [2.45, 2.75) is 19.1 Å². The topological polar surface area (TPSA) is 18.5 Å². The first-order chi connectivity index (χ1) is 5.62. The summed E-state index contributed by atoms with van der Waals surface area (Å²) >= 11 is 0. The van der Waals surface area contributed by atoms with Crippen LogP contribution in [0.25, 0.3) is 0 Å². The van der Waals surface area contributed by atoms with Crippen molar-refractivity contribution in [1.29, 1.82) is 0 Å². The fraction of sp³-hybridized carbons (Fsp3) is 1.00. The fourth-order valence-electron chi connectivity index (χ4n) is 0.359. The molecule has 0 aromatic carbocycles. The molecule has 0 radical (unpaired) electrons. The molecule has 0 aliphatic carbocycles. The van der Waals surface area contributed by atoms with Gasteiger partial charge in [-0.1, -0.05) is 0 Å². The van der Waals surface area contributed by atoms with E-state index in [1.54, 1.807) is 0 Å². The second kappa shape index (κ2) is 4.09. The molecule has 0 aliphatic heterocycles. The summed E-state index contributed by atoms with van der Waals surface area (Å²) in [5.74, 6) is 0. The zero-order chi connectivity index (χ0) is 10.7. The van der Waals surface area contributed by atoms with Crippen molar-refractivity contribution >= 4 is 0 Å². The molecule has 0 rings (SSSR count). The Hall–Kier alpha value is -0.570. The number of hydrogen-bond acceptors (Lipinski definition) is 2. The van der Waals surface area contributed by atoms with E-state index in [2.05, 4.69) is 9.47 Å². The van der Waals surface area contributed by atoms with Gasteiger partial charge in [0.25, 0.3) is 0 Å². The van der Waals surface area contributed by atoms with Crippen LogP contribution in [0.15, 0.2) is 0 Å². The van der Waals surface area contributed by atoms with E-state index >= 15 is 0 Å². The van der Waals surface area contributed by atoms with E-state index in [-0.39, 0.29) is 0 Å². The third-order valence-corrected chi connectivity index (χ3v) is 0.642. The molecule has 0 aliphatic rings. The quantitative estimate of drug-likeness (QED) is 0.671. The lowest BCUT2D eigenvalue weighted by atomic mass is 10.7. The Morgan fingerprint density at radius 3 is 1.77 bits per heavy atom. The predicted octanol–water partition coefficient (Wildman–Crippen LogP) is 2.35. The molecule has 9 heteroatoms. The summed E-state index contributed by atoms with van der Waals surface area (Å²) in [6.07, 6.45) is -10.4. The van der Waals surface area contributed by atoms with Crippen LogP contribution in [0.3, 0.4) is 0 Å². The van der Waals surface area contributed by atoms with Crippen molar-refractivity contribution in [3.8, 4) is 0 Å². The molecule has 0 amide bonds. The summed E-state index contributed by atoms with van der Waals surface area (Å²) in [5.41, 5.74) is 0. The maximum Gasteiger partial charge on any atom is 0.527 e. The minimum Gasteiger partial charge on any atom is -0.314 e. The largest absolute Gasteiger partial charge is 0.527 e. The molecule has 80 valence electrons. The van der Waals surface area contributed by atoms with Crippen molar-refractivity contribution in [1.82, 2.24) is 0 Å². The monoisotopic (exact) mass is 216 g/mol. The molecule has 0 spiro atoms. The van der Waals surface area contributed by atoms with Crippen molar-refractivity contribution in [3.05, 3.63) is 0 Å². The van der Waals surface area contributed by atoms with E-state index in [0.29, 0.717) is 0 Å². The number of rotatable bonds is 4. The highest BCUT2D eigenvalue weighted by molar-refractivity contribution is 4.50. The van der Waals surface area contributed by atoms with Crippen LogP contribution in [0, 0.1) is 0 Å². The van der Waals surface area contributed by atoms with E-state index in [1.807, 2.05) is 0 Å². The van der Waals surface area contributed by atoms with Crippen molar-refractivity contribution in [2.24, 2.45) is 0 Å². The van der Waals surface area contributed by atoms with Gasteiger partial charge in [-0.2, -0.15) is 17.6 Å². The zero-order valence-electron chi connectivity index (χ0n) is 5.75. The normalized spacial score (nSPS) is 13.8. The van der Waals surface area contributed by atoms with Crippen LogP contribution in [0.5, 0.6) is 0 Å². The van der Waals surface area contributed by atoms with Gasteiger partial charge in [0.2, 0.25) is 0 Å². The molecule has 0 unspecified atom stereocenters. The van der Waals surface area contributed by atoms with Gasteiger partial charge in [0, 0.05) is 0 Å². The summed E-state index contributed by atoms with van der Waals surface area (Å²) in [4.78, 5) is 0. The van der Waals surface area contributed by atoms with Crippen LogP contribution in [0.2, 0.25) is 0 Å². The van der Waals surface area contributed by atoms with Gasteiger partial charge in [0.1, 0.15) is 6.61 Å². The Morgan fingerprint density at radius 1 is 1.00 bits per heavy atom. The summed E-state index contributed by atoms with van der Waals surface area (Å²) < 4.78 is 84.5. The third kappa shape index (κ3) is 7.78. The molecule has 0 saturated heterocycles. The van der Waals surface area contributed by atoms with Gasteiger partial charge in [-0.05, 0) is 0 Å². The van der Waals surface area contributed by atoms with Gasteiger partial charge < -0.3 is 4.74 Å². The van der Waals surface area contributed by atoms with Crippen molar-refractivity contribution < 1.29 is 40.2 Å². The Morgan fingerprint density at radius 2 is 1.46 bits per heavy atom. The molecule has 0 saturated carbocycles. The van der Waals surface area contributed by atoms with Gasteiger partial charge in [-0.25, -0.2) is 4.74 Å². The highest BCUT2D eigenvalue weighted by Gasteiger charge is 2.45. The molecular formula is C4H3F7O2. The lowest BCUT2D eigenvalue weighted by molar-refractivity contribution is -0.435. The highest BCUT2D eigenvalue weighted by atomic mass is 19.4. The molecule has 0 fully saturated rings. The Kier molecular flexibility index (Phi) is 3.91. The molecule has 0 bridgehead atoms. The lowest BCUT2D eigenvalue weighted by Gasteiger charge is -2.17. The van der Waals surface area contributed by atoms with Gasteiger partial charge in [-0.15, -0.1) is 13.2 Å². The van der Waals surface area contributed by atoms with Gasteiger partial charge >= 0.3 is 19.1 Å². The smallest absolute Gasteiger partial charge is 0.314 e. The minimum absolute atomic E-state index is 2.16. The summed E-state index contributed by atoms with van der Waals surface area (Å²) in [6.45, 7) is -5.74. The molecule has 0 N–H and O–H groups in total. The second-order valence-electron chi connectivity index (χ2n) is 1.76. The van der Waals surface area contributed by atoms with E-state index in [1.165, 1.54) is 0 Å². The minimum atomic E-state index is -5.60. The van der Waals surface area contributed by atoms with Crippen molar-refractivity contribution in [3.63, 3.8) is 0 Å². The van der Waals surface area contributed by atoms with Crippen molar-refractivity contribution in [2.75, 3.05) is 6.61 Å². The lowest BCUT2D eigenvalue weighted by Crippen LogP contribution is -2.34. The Bertz CT molecular complexity index is 153. The number of ether oxygens (including phenoxy) is 2. The van der Waals surface area contributed by atoms with Crippen LogP contribution < -0.4 is 0 Å². The zero-order valence-corrected chi connectivity index (χ0v) is 5.75. The summed E-state index contributed by atoms with van der Waals surface area (Å²) in [7, 11) is 0. The second-order valence-corrected chi connectivity index (χ2v) is 1.76. The van der Waals surface area contributed by atoms with E-state index in [0.717, 1.165) is 0 Å². The third-order valence-electron chi connectivity index (χ3n) is 0.642. The SMILES string of the molecule is FC(F)OCC(F)(F)OC(F)(F)F. The molecule has 13 heavy (non-hydrogen) atoms. The number of halogens is 7. The van der Waals surface area contributed by atoms with Crippen LogP contribution in [-0.2, 0) is 9.47 Å². The predicted molar refractivity (Wildman–Crippen MR) is 24.0 cm³/mol. The van der Waals surface area contributed by atoms with E-state index in [4.69, 9.17) is 0 Å². The first kappa shape index (κ1) is 12.4. The van der Waals surface area contributed by atoms with E-state index < -0.39 is 25.7 Å². The first-order valence-corrected chi connectivity index (χ1v) is 2.67. The summed E-state index contributed by atoms with van der Waals surface area (Å²) in [6, 6.07) is 0. The average molecular weight is 216 g/mol. The molecule has 0 aromatic heterocycles. The van der Waals surface area contributed by atoms with Crippen LogP contribution >= 0.6 is 0 Å². The number of hydrogen-bond donors (Lipinski definition) is 0. The molecule has 0 atom stereocenters. The van der Waals surface area contributed by atoms with Gasteiger partial charge in [0.15, 0.2) is 0 Å². The maximum atomic E-state index is 11.9. The van der Waals surface area contributed by atoms with Crippen LogP contribution in [-0.4, -0.2) is 25.7 Å². The first-order valence-electron chi connectivity index (χ1n) is 2.67. The summed E-state index contributed by atoms with van der Waals surface area (Å²) in [5, 5.41) is 0. The standard InChI is InChI=1S/C4H3F7O2/c5-2(6)12-1-3(7,8)13-4(9,10)11/h2H,1H2. The van der Waals surface area contributed by atoms with Gasteiger partial charge in [-0.3, -0.25) is 0 Å². The average Bonchev–Trinajstić information content (AvgIpc) is 1.78. The fourth-order valence-corrected chi connectivity index (χ4v) is 0.359. The molecule has 0 heterocycles. The van der Waals surface area contributed by atoms with Crippen LogP contribution in [0.4, 0.5) is 30.7 Å². The molecular weight excluding hydrogens is 213 g/mol. The van der Waals surface area contributed by atoms with E-state index in [9.17, 15) is 30.7 Å². The molecule has 0 aromatic rings.